The molecule has 0 spiro atoms. The molecular formula is C23H21F4N3O2. The van der Waals surface area contributed by atoms with E-state index in [2.05, 4.69) is 4.98 Å². The fourth-order valence-corrected chi connectivity index (χ4v) is 4.12. The van der Waals surface area contributed by atoms with Crippen LogP contribution in [0, 0.1) is 6.92 Å². The molecule has 2 amide bonds. The normalized spacial score (nSPS) is 20.5. The number of fused-ring (bicyclic) bond motifs is 2. The van der Waals surface area contributed by atoms with Crippen molar-refractivity contribution in [3.8, 4) is 5.75 Å². The zero-order chi connectivity index (χ0) is 23.3. The van der Waals surface area contributed by atoms with Gasteiger partial charge in [0, 0.05) is 34.6 Å². The highest BCUT2D eigenvalue weighted by atomic mass is 19.4. The zero-order valence-corrected chi connectivity index (χ0v) is 17.4. The number of amides is 2. The largest absolute Gasteiger partial charge is 0.484 e. The first kappa shape index (κ1) is 21.9. The third-order valence-corrected chi connectivity index (χ3v) is 5.65. The fraction of sp³-hybridized carbons (Fsp3) is 0.304. The Bertz CT molecular complexity index is 1200. The molecule has 2 aromatic carbocycles. The first-order chi connectivity index (χ1) is 15.0. The first-order valence-corrected chi connectivity index (χ1v) is 9.92. The van der Waals surface area contributed by atoms with Crippen LogP contribution in [0.3, 0.4) is 0 Å². The molecule has 0 unspecified atom stereocenters. The molecule has 1 aliphatic rings. The standard InChI is InChI=1S/C23H21F4N3O2/c1-13-8-17-14(11-29-13)4-3-5-18(17)30(21(28)31)19-10-22(2,12-24)32-20-9-15(23(25,26)27)6-7-16(19)20/h3-9,11,19H,10,12H2,1-2H3,(H2,28,31)/t19-,22+/m1/s1. The number of carbonyl (C=O) groups excluding carboxylic acids is 1. The summed E-state index contributed by atoms with van der Waals surface area (Å²) < 4.78 is 59.4. The number of aryl methyl sites for hydroxylation is 1. The van der Waals surface area contributed by atoms with E-state index in [0.717, 1.165) is 17.5 Å². The molecule has 2 heterocycles. The van der Waals surface area contributed by atoms with E-state index >= 15 is 0 Å². The summed E-state index contributed by atoms with van der Waals surface area (Å²) in [4.78, 5) is 18.2. The van der Waals surface area contributed by atoms with Gasteiger partial charge < -0.3 is 10.5 Å². The van der Waals surface area contributed by atoms with Crippen LogP contribution < -0.4 is 15.4 Å². The summed E-state index contributed by atoms with van der Waals surface area (Å²) in [5, 5.41) is 1.45. The number of carbonyl (C=O) groups is 1. The summed E-state index contributed by atoms with van der Waals surface area (Å²) in [6.07, 6.45) is -2.93. The van der Waals surface area contributed by atoms with Crippen molar-refractivity contribution in [3.63, 3.8) is 0 Å². The number of alkyl halides is 4. The number of benzene rings is 2. The highest BCUT2D eigenvalue weighted by Crippen LogP contribution is 2.47. The molecule has 2 N–H and O–H groups in total. The van der Waals surface area contributed by atoms with Crippen molar-refractivity contribution in [2.75, 3.05) is 11.6 Å². The minimum Gasteiger partial charge on any atom is -0.484 e. The number of nitrogens with zero attached hydrogens (tertiary/aromatic N) is 2. The molecule has 0 saturated heterocycles. The van der Waals surface area contributed by atoms with Gasteiger partial charge in [0.1, 0.15) is 18.0 Å². The van der Waals surface area contributed by atoms with Crippen LogP contribution in [0.15, 0.2) is 48.7 Å². The molecule has 0 fully saturated rings. The van der Waals surface area contributed by atoms with Gasteiger partial charge in [0.2, 0.25) is 0 Å². The minimum atomic E-state index is -4.60. The summed E-state index contributed by atoms with van der Waals surface area (Å²) >= 11 is 0. The van der Waals surface area contributed by atoms with Crippen molar-refractivity contribution in [1.82, 2.24) is 4.98 Å². The smallest absolute Gasteiger partial charge is 0.416 e. The van der Waals surface area contributed by atoms with Crippen LogP contribution in [-0.4, -0.2) is 23.3 Å². The summed E-state index contributed by atoms with van der Waals surface area (Å²) in [5.74, 6) is -0.124. The highest BCUT2D eigenvalue weighted by Gasteiger charge is 2.43. The van der Waals surface area contributed by atoms with Crippen LogP contribution in [0.25, 0.3) is 10.8 Å². The minimum absolute atomic E-state index is 0.00522. The molecule has 0 radical (unpaired) electrons. The van der Waals surface area contributed by atoms with E-state index in [9.17, 15) is 22.4 Å². The predicted molar refractivity (Wildman–Crippen MR) is 112 cm³/mol. The van der Waals surface area contributed by atoms with Crippen molar-refractivity contribution in [2.45, 2.75) is 38.1 Å². The van der Waals surface area contributed by atoms with Crippen molar-refractivity contribution < 1.29 is 27.1 Å². The number of urea groups is 1. The van der Waals surface area contributed by atoms with Gasteiger partial charge >= 0.3 is 12.2 Å². The van der Waals surface area contributed by atoms with Gasteiger partial charge in [0.05, 0.1) is 17.3 Å². The maximum atomic E-state index is 13.9. The lowest BCUT2D eigenvalue weighted by Gasteiger charge is -2.42. The fourth-order valence-electron chi connectivity index (χ4n) is 4.12. The van der Waals surface area contributed by atoms with Crippen LogP contribution in [0.2, 0.25) is 0 Å². The summed E-state index contributed by atoms with van der Waals surface area (Å²) in [6, 6.07) is 8.41. The summed E-state index contributed by atoms with van der Waals surface area (Å²) in [5.41, 5.74) is 4.91. The van der Waals surface area contributed by atoms with Crippen LogP contribution in [0.1, 0.15) is 36.2 Å². The van der Waals surface area contributed by atoms with Crippen LogP contribution >= 0.6 is 0 Å². The number of aromatic nitrogens is 1. The summed E-state index contributed by atoms with van der Waals surface area (Å²) in [7, 11) is 0. The van der Waals surface area contributed by atoms with Gasteiger partial charge in [-0.3, -0.25) is 9.88 Å². The second-order valence-electron chi connectivity index (χ2n) is 8.19. The number of pyridine rings is 1. The molecule has 3 aromatic rings. The van der Waals surface area contributed by atoms with E-state index in [0.29, 0.717) is 22.3 Å². The third-order valence-electron chi connectivity index (χ3n) is 5.65. The molecule has 1 aliphatic heterocycles. The van der Waals surface area contributed by atoms with Gasteiger partial charge in [0.15, 0.2) is 0 Å². The van der Waals surface area contributed by atoms with E-state index < -0.39 is 36.1 Å². The average Bonchev–Trinajstić information content (AvgIpc) is 2.72. The molecule has 2 atom stereocenters. The molecule has 5 nitrogen and oxygen atoms in total. The topological polar surface area (TPSA) is 68.5 Å². The zero-order valence-electron chi connectivity index (χ0n) is 17.4. The second-order valence-corrected chi connectivity index (χ2v) is 8.19. The Labute approximate surface area is 181 Å². The number of primary amides is 1. The quantitative estimate of drug-likeness (QED) is 0.524. The molecule has 168 valence electrons. The van der Waals surface area contributed by atoms with Crippen LogP contribution in [0.4, 0.5) is 28.0 Å². The van der Waals surface area contributed by atoms with Crippen molar-refractivity contribution in [1.29, 1.82) is 0 Å². The number of hydrogen-bond acceptors (Lipinski definition) is 3. The van der Waals surface area contributed by atoms with Crippen molar-refractivity contribution in [3.05, 3.63) is 65.5 Å². The number of hydrogen-bond donors (Lipinski definition) is 1. The molecule has 0 aliphatic carbocycles. The molecule has 4 rings (SSSR count). The molecular weight excluding hydrogens is 426 g/mol. The maximum Gasteiger partial charge on any atom is 0.416 e. The van der Waals surface area contributed by atoms with E-state index in [1.807, 2.05) is 6.07 Å². The lowest BCUT2D eigenvalue weighted by Crippen LogP contribution is -2.48. The van der Waals surface area contributed by atoms with Gasteiger partial charge in [-0.25, -0.2) is 9.18 Å². The lowest BCUT2D eigenvalue weighted by atomic mass is 9.87. The Balaban J connectivity index is 1.92. The van der Waals surface area contributed by atoms with Gasteiger partial charge in [-0.2, -0.15) is 13.2 Å². The Morgan fingerprint density at radius 2 is 2.03 bits per heavy atom. The molecule has 1 aromatic heterocycles. The number of halogens is 4. The Hall–Kier alpha value is -3.36. The molecule has 9 heteroatoms. The first-order valence-electron chi connectivity index (χ1n) is 9.92. The van der Waals surface area contributed by atoms with Gasteiger partial charge in [-0.1, -0.05) is 18.2 Å². The van der Waals surface area contributed by atoms with E-state index in [1.165, 1.54) is 17.9 Å². The molecule has 0 bridgehead atoms. The third kappa shape index (κ3) is 3.83. The number of anilines is 1. The lowest BCUT2D eigenvalue weighted by molar-refractivity contribution is -0.137. The van der Waals surface area contributed by atoms with E-state index in [1.54, 1.807) is 31.3 Å². The average molecular weight is 447 g/mol. The van der Waals surface area contributed by atoms with Crippen molar-refractivity contribution >= 4 is 22.5 Å². The van der Waals surface area contributed by atoms with Crippen molar-refractivity contribution in [2.24, 2.45) is 5.73 Å². The Morgan fingerprint density at radius 1 is 1.28 bits per heavy atom. The Morgan fingerprint density at radius 3 is 2.69 bits per heavy atom. The van der Waals surface area contributed by atoms with Crippen LogP contribution in [-0.2, 0) is 6.18 Å². The Kier molecular flexibility index (Phi) is 5.22. The van der Waals surface area contributed by atoms with Gasteiger partial charge in [0.25, 0.3) is 0 Å². The van der Waals surface area contributed by atoms with E-state index in [-0.39, 0.29) is 12.2 Å². The van der Waals surface area contributed by atoms with Crippen LogP contribution in [0.5, 0.6) is 5.75 Å². The molecule has 32 heavy (non-hydrogen) atoms. The maximum absolute atomic E-state index is 13.9. The summed E-state index contributed by atoms with van der Waals surface area (Å²) in [6.45, 7) is 2.30. The number of ether oxygens (including phenoxy) is 1. The SMILES string of the molecule is Cc1cc2c(N(C(N)=O)[C@@H]3C[C@@](C)(CF)Oc4cc(C(F)(F)F)ccc43)cccc2cn1. The predicted octanol–water partition coefficient (Wildman–Crippen LogP) is 5.70. The highest BCUT2D eigenvalue weighted by molar-refractivity contribution is 6.03. The molecule has 0 saturated carbocycles. The van der Waals surface area contributed by atoms with E-state index in [4.69, 9.17) is 10.5 Å². The second kappa shape index (κ2) is 7.65. The van der Waals surface area contributed by atoms with Gasteiger partial charge in [-0.05, 0) is 38.1 Å². The number of rotatable bonds is 3. The monoisotopic (exact) mass is 447 g/mol. The van der Waals surface area contributed by atoms with Gasteiger partial charge in [-0.15, -0.1) is 0 Å². The number of nitrogens with two attached hydrogens (primary N) is 1.